The highest BCUT2D eigenvalue weighted by molar-refractivity contribution is 6.30. The fraction of sp³-hybridized carbons (Fsp3) is 0.611. The lowest BCUT2D eigenvalue weighted by atomic mass is 9.81. The highest BCUT2D eigenvalue weighted by Gasteiger charge is 2.39. The Labute approximate surface area is 143 Å². The molecule has 0 unspecified atom stereocenters. The number of nitrogens with two attached hydrogens (primary N) is 1. The SMILES string of the molecule is NC1(C(=O)N2CCN(Cc3ccc(Cl)cc3)CC2)CCCCC1. The third-order valence-electron chi connectivity index (χ3n) is 5.15. The minimum absolute atomic E-state index is 0.170. The molecular weight excluding hydrogens is 310 g/mol. The average molecular weight is 336 g/mol. The fourth-order valence-corrected chi connectivity index (χ4v) is 3.79. The van der Waals surface area contributed by atoms with Crippen LogP contribution in [0, 0.1) is 0 Å². The van der Waals surface area contributed by atoms with E-state index >= 15 is 0 Å². The normalized spacial score (nSPS) is 22.1. The Morgan fingerprint density at radius 1 is 1.04 bits per heavy atom. The zero-order valence-corrected chi connectivity index (χ0v) is 14.4. The number of amides is 1. The van der Waals surface area contributed by atoms with Crippen molar-refractivity contribution >= 4 is 17.5 Å². The predicted octanol–water partition coefficient (Wildman–Crippen LogP) is 2.65. The molecule has 0 atom stereocenters. The van der Waals surface area contributed by atoms with Gasteiger partial charge in [-0.05, 0) is 30.5 Å². The summed E-state index contributed by atoms with van der Waals surface area (Å²) in [5.74, 6) is 0.170. The summed E-state index contributed by atoms with van der Waals surface area (Å²) in [6.45, 7) is 4.29. The fourth-order valence-electron chi connectivity index (χ4n) is 3.67. The van der Waals surface area contributed by atoms with Crippen molar-refractivity contribution < 1.29 is 4.79 Å². The molecule has 1 amide bonds. The van der Waals surface area contributed by atoms with Gasteiger partial charge in [0.15, 0.2) is 0 Å². The number of carbonyl (C=O) groups excluding carboxylic acids is 1. The molecule has 2 N–H and O–H groups in total. The van der Waals surface area contributed by atoms with Crippen LogP contribution in [0.2, 0.25) is 5.02 Å². The Kier molecular flexibility index (Phi) is 5.24. The maximum Gasteiger partial charge on any atom is 0.242 e. The van der Waals surface area contributed by atoms with Crippen LogP contribution in [0.15, 0.2) is 24.3 Å². The molecule has 1 saturated carbocycles. The maximum atomic E-state index is 12.7. The van der Waals surface area contributed by atoms with Crippen molar-refractivity contribution in [2.75, 3.05) is 26.2 Å². The summed E-state index contributed by atoms with van der Waals surface area (Å²) in [5, 5.41) is 0.768. The van der Waals surface area contributed by atoms with E-state index in [-0.39, 0.29) is 5.91 Å². The van der Waals surface area contributed by atoms with Crippen LogP contribution in [-0.4, -0.2) is 47.4 Å². The molecular formula is C18H26ClN3O. The Morgan fingerprint density at radius 2 is 1.65 bits per heavy atom. The van der Waals surface area contributed by atoms with Crippen LogP contribution >= 0.6 is 11.6 Å². The van der Waals surface area contributed by atoms with Crippen LogP contribution in [0.25, 0.3) is 0 Å². The Bertz CT molecular complexity index is 532. The van der Waals surface area contributed by atoms with E-state index in [1.54, 1.807) is 0 Å². The highest BCUT2D eigenvalue weighted by Crippen LogP contribution is 2.28. The molecule has 1 heterocycles. The molecule has 0 aromatic heterocycles. The van der Waals surface area contributed by atoms with Gasteiger partial charge in [-0.3, -0.25) is 9.69 Å². The second-order valence-corrected chi connectivity index (χ2v) is 7.35. The van der Waals surface area contributed by atoms with Crippen molar-refractivity contribution in [1.29, 1.82) is 0 Å². The van der Waals surface area contributed by atoms with E-state index in [4.69, 9.17) is 17.3 Å². The summed E-state index contributed by atoms with van der Waals surface area (Å²) in [6.07, 6.45) is 5.06. The zero-order valence-electron chi connectivity index (χ0n) is 13.6. The van der Waals surface area contributed by atoms with Crippen LogP contribution in [0.3, 0.4) is 0 Å². The van der Waals surface area contributed by atoms with Crippen LogP contribution in [-0.2, 0) is 11.3 Å². The molecule has 3 rings (SSSR count). The molecule has 1 aliphatic heterocycles. The maximum absolute atomic E-state index is 12.7. The highest BCUT2D eigenvalue weighted by atomic mass is 35.5. The van der Waals surface area contributed by atoms with Gasteiger partial charge in [0.2, 0.25) is 5.91 Å². The monoisotopic (exact) mass is 335 g/mol. The van der Waals surface area contributed by atoms with Gasteiger partial charge in [0, 0.05) is 37.7 Å². The number of benzene rings is 1. The third-order valence-corrected chi connectivity index (χ3v) is 5.40. The Balaban J connectivity index is 1.51. The van der Waals surface area contributed by atoms with Crippen molar-refractivity contribution in [2.24, 2.45) is 5.73 Å². The Morgan fingerprint density at radius 3 is 2.26 bits per heavy atom. The molecule has 2 aliphatic rings. The van der Waals surface area contributed by atoms with E-state index in [2.05, 4.69) is 17.0 Å². The van der Waals surface area contributed by atoms with E-state index in [1.807, 2.05) is 17.0 Å². The number of rotatable bonds is 3. The van der Waals surface area contributed by atoms with Gasteiger partial charge in [0.05, 0.1) is 5.54 Å². The molecule has 126 valence electrons. The second kappa shape index (κ2) is 7.20. The summed E-state index contributed by atoms with van der Waals surface area (Å²) in [7, 11) is 0. The third kappa shape index (κ3) is 4.06. The first-order chi connectivity index (χ1) is 11.1. The Hall–Kier alpha value is -1.10. The molecule has 4 nitrogen and oxygen atoms in total. The van der Waals surface area contributed by atoms with E-state index < -0.39 is 5.54 Å². The van der Waals surface area contributed by atoms with Gasteiger partial charge < -0.3 is 10.6 Å². The van der Waals surface area contributed by atoms with Gasteiger partial charge in [0.25, 0.3) is 0 Å². The first-order valence-corrected chi connectivity index (χ1v) is 9.00. The molecule has 5 heteroatoms. The minimum Gasteiger partial charge on any atom is -0.339 e. The minimum atomic E-state index is -0.601. The average Bonchev–Trinajstić information content (AvgIpc) is 2.58. The topological polar surface area (TPSA) is 49.6 Å². The summed E-state index contributed by atoms with van der Waals surface area (Å²) in [4.78, 5) is 17.1. The molecule has 1 aromatic rings. The molecule has 1 saturated heterocycles. The van der Waals surface area contributed by atoms with E-state index in [1.165, 1.54) is 12.0 Å². The number of hydrogen-bond acceptors (Lipinski definition) is 3. The van der Waals surface area contributed by atoms with Crippen LogP contribution in [0.1, 0.15) is 37.7 Å². The largest absolute Gasteiger partial charge is 0.339 e. The van der Waals surface area contributed by atoms with Crippen LogP contribution < -0.4 is 5.73 Å². The van der Waals surface area contributed by atoms with Crippen LogP contribution in [0.4, 0.5) is 0 Å². The number of nitrogens with zero attached hydrogens (tertiary/aromatic N) is 2. The summed E-state index contributed by atoms with van der Waals surface area (Å²) in [5.41, 5.74) is 7.05. The molecule has 1 aromatic carbocycles. The number of carbonyl (C=O) groups is 1. The van der Waals surface area contributed by atoms with E-state index in [9.17, 15) is 4.79 Å². The summed E-state index contributed by atoms with van der Waals surface area (Å²) < 4.78 is 0. The second-order valence-electron chi connectivity index (χ2n) is 6.91. The van der Waals surface area contributed by atoms with E-state index in [0.717, 1.165) is 63.4 Å². The number of hydrogen-bond donors (Lipinski definition) is 1. The van der Waals surface area contributed by atoms with Crippen LogP contribution in [0.5, 0.6) is 0 Å². The molecule has 2 fully saturated rings. The first kappa shape index (κ1) is 16.7. The smallest absolute Gasteiger partial charge is 0.242 e. The van der Waals surface area contributed by atoms with Gasteiger partial charge in [-0.2, -0.15) is 0 Å². The molecule has 0 spiro atoms. The van der Waals surface area contributed by atoms with Gasteiger partial charge >= 0.3 is 0 Å². The number of piperazine rings is 1. The van der Waals surface area contributed by atoms with Crippen molar-refractivity contribution in [1.82, 2.24) is 9.80 Å². The molecule has 0 bridgehead atoms. The zero-order chi connectivity index (χ0) is 16.3. The lowest BCUT2D eigenvalue weighted by Crippen LogP contribution is -2.60. The van der Waals surface area contributed by atoms with E-state index in [0.29, 0.717) is 0 Å². The summed E-state index contributed by atoms with van der Waals surface area (Å²) in [6, 6.07) is 7.99. The first-order valence-electron chi connectivity index (χ1n) is 8.62. The molecule has 0 radical (unpaired) electrons. The van der Waals surface area contributed by atoms with Crippen molar-refractivity contribution in [3.63, 3.8) is 0 Å². The lowest BCUT2D eigenvalue weighted by molar-refractivity contribution is -0.140. The van der Waals surface area contributed by atoms with Crippen molar-refractivity contribution in [3.05, 3.63) is 34.9 Å². The van der Waals surface area contributed by atoms with Gasteiger partial charge in [-0.15, -0.1) is 0 Å². The van der Waals surface area contributed by atoms with Crippen molar-refractivity contribution in [3.8, 4) is 0 Å². The standard InChI is InChI=1S/C18H26ClN3O/c19-16-6-4-15(5-7-16)14-21-10-12-22(13-11-21)17(23)18(20)8-2-1-3-9-18/h4-7H,1-3,8-14,20H2. The quantitative estimate of drug-likeness (QED) is 0.923. The molecule has 1 aliphatic carbocycles. The lowest BCUT2D eigenvalue weighted by Gasteiger charge is -2.41. The van der Waals surface area contributed by atoms with Gasteiger partial charge in [-0.25, -0.2) is 0 Å². The van der Waals surface area contributed by atoms with Gasteiger partial charge in [-0.1, -0.05) is 43.0 Å². The predicted molar refractivity (Wildman–Crippen MR) is 93.3 cm³/mol. The summed E-state index contributed by atoms with van der Waals surface area (Å²) >= 11 is 5.93. The molecule has 23 heavy (non-hydrogen) atoms. The van der Waals surface area contributed by atoms with Gasteiger partial charge in [0.1, 0.15) is 0 Å². The number of halogens is 1. The van der Waals surface area contributed by atoms with Crippen molar-refractivity contribution in [2.45, 2.75) is 44.2 Å².